The Morgan fingerprint density at radius 3 is 2.56 bits per heavy atom. The second-order valence-electron chi connectivity index (χ2n) is 6.97. The highest BCUT2D eigenvalue weighted by molar-refractivity contribution is 14.1. The van der Waals surface area contributed by atoms with Crippen molar-refractivity contribution in [1.29, 1.82) is 0 Å². The lowest BCUT2D eigenvalue weighted by Gasteiger charge is -2.43. The molecule has 1 nitrogen and oxygen atoms in total. The molecule has 1 aromatic rings. The first-order chi connectivity index (χ1) is 8.43. The summed E-state index contributed by atoms with van der Waals surface area (Å²) in [7, 11) is 0. The van der Waals surface area contributed by atoms with Gasteiger partial charge < -0.3 is 5.32 Å². The van der Waals surface area contributed by atoms with Crippen LogP contribution >= 0.6 is 22.6 Å². The third kappa shape index (κ3) is 1.79. The predicted octanol–water partition coefficient (Wildman–Crippen LogP) is 4.92. The molecular formula is C16H22IN. The highest BCUT2D eigenvalue weighted by Gasteiger charge is 2.59. The number of hydrogen-bond donors (Lipinski definition) is 1. The van der Waals surface area contributed by atoms with Crippen LogP contribution in [-0.4, -0.2) is 6.04 Å². The van der Waals surface area contributed by atoms with E-state index in [1.165, 1.54) is 28.5 Å². The summed E-state index contributed by atoms with van der Waals surface area (Å²) in [6, 6.07) is 9.26. The number of anilines is 1. The minimum absolute atomic E-state index is 0.423. The smallest absolute Gasteiger partial charge is 0.0478 e. The van der Waals surface area contributed by atoms with Crippen molar-refractivity contribution in [1.82, 2.24) is 0 Å². The summed E-state index contributed by atoms with van der Waals surface area (Å²) in [6.45, 7) is 7.39. The van der Waals surface area contributed by atoms with Crippen LogP contribution in [0.2, 0.25) is 0 Å². The van der Waals surface area contributed by atoms with Gasteiger partial charge in [-0.3, -0.25) is 0 Å². The van der Waals surface area contributed by atoms with Crippen LogP contribution in [0.5, 0.6) is 0 Å². The van der Waals surface area contributed by atoms with Gasteiger partial charge in [-0.15, -0.1) is 0 Å². The standard InChI is InChI=1S/C16H22IN/c1-15(2)11-8-9-16(3,10-11)14(15)18-13-7-5-4-6-12(13)17/h4-7,11,14,18H,8-10H2,1-3H3. The van der Waals surface area contributed by atoms with E-state index in [0.717, 1.165) is 5.92 Å². The van der Waals surface area contributed by atoms with Crippen LogP contribution in [0.3, 0.4) is 0 Å². The largest absolute Gasteiger partial charge is 0.380 e. The van der Waals surface area contributed by atoms with Crippen molar-refractivity contribution >= 4 is 28.3 Å². The summed E-state index contributed by atoms with van der Waals surface area (Å²) in [4.78, 5) is 0. The predicted molar refractivity (Wildman–Crippen MR) is 85.8 cm³/mol. The van der Waals surface area contributed by atoms with E-state index in [1.54, 1.807) is 0 Å². The molecule has 2 fully saturated rings. The molecule has 3 rings (SSSR count). The van der Waals surface area contributed by atoms with Gasteiger partial charge in [0.25, 0.3) is 0 Å². The van der Waals surface area contributed by atoms with Crippen molar-refractivity contribution < 1.29 is 0 Å². The highest BCUT2D eigenvalue weighted by atomic mass is 127. The molecule has 0 aromatic heterocycles. The Kier molecular flexibility index (Phi) is 2.92. The van der Waals surface area contributed by atoms with Crippen LogP contribution in [0.25, 0.3) is 0 Å². The zero-order valence-corrected chi connectivity index (χ0v) is 13.6. The molecule has 3 atom stereocenters. The zero-order chi connectivity index (χ0) is 13.0. The van der Waals surface area contributed by atoms with Gasteiger partial charge in [-0.25, -0.2) is 0 Å². The quantitative estimate of drug-likeness (QED) is 0.743. The van der Waals surface area contributed by atoms with Crippen LogP contribution in [-0.2, 0) is 0 Å². The highest BCUT2D eigenvalue weighted by Crippen LogP contribution is 2.63. The molecular weight excluding hydrogens is 333 g/mol. The number of benzene rings is 1. The van der Waals surface area contributed by atoms with Gasteiger partial charge in [0.05, 0.1) is 0 Å². The van der Waals surface area contributed by atoms with Crippen molar-refractivity contribution in [2.75, 3.05) is 5.32 Å². The fourth-order valence-electron chi connectivity index (χ4n) is 4.40. The Hall–Kier alpha value is -0.250. The summed E-state index contributed by atoms with van der Waals surface area (Å²) >= 11 is 2.43. The Morgan fingerprint density at radius 2 is 1.94 bits per heavy atom. The maximum absolute atomic E-state index is 3.86. The number of fused-ring (bicyclic) bond motifs is 2. The fourth-order valence-corrected chi connectivity index (χ4v) is 4.94. The van der Waals surface area contributed by atoms with E-state index in [4.69, 9.17) is 0 Å². The van der Waals surface area contributed by atoms with Gasteiger partial charge in [0, 0.05) is 15.3 Å². The molecule has 2 aliphatic rings. The zero-order valence-electron chi connectivity index (χ0n) is 11.5. The number of nitrogens with one attached hydrogen (secondary N) is 1. The monoisotopic (exact) mass is 355 g/mol. The molecule has 3 unspecified atom stereocenters. The van der Waals surface area contributed by atoms with E-state index < -0.39 is 0 Å². The Labute approximate surface area is 124 Å². The number of para-hydroxylation sites is 1. The Balaban J connectivity index is 1.91. The normalized spacial score (nSPS) is 36.9. The van der Waals surface area contributed by atoms with Gasteiger partial charge in [0.15, 0.2) is 0 Å². The van der Waals surface area contributed by atoms with Crippen molar-refractivity contribution in [3.05, 3.63) is 27.8 Å². The molecule has 0 amide bonds. The van der Waals surface area contributed by atoms with Crippen LogP contribution in [0.1, 0.15) is 40.0 Å². The molecule has 0 aliphatic heterocycles. The lowest BCUT2D eigenvalue weighted by atomic mass is 9.68. The molecule has 2 aliphatic carbocycles. The van der Waals surface area contributed by atoms with E-state index in [9.17, 15) is 0 Å². The van der Waals surface area contributed by atoms with E-state index in [-0.39, 0.29) is 0 Å². The topological polar surface area (TPSA) is 12.0 Å². The summed E-state index contributed by atoms with van der Waals surface area (Å²) in [5, 5.41) is 3.86. The van der Waals surface area contributed by atoms with Crippen LogP contribution in [0.4, 0.5) is 5.69 Å². The van der Waals surface area contributed by atoms with Gasteiger partial charge in [-0.2, -0.15) is 0 Å². The first-order valence-electron chi connectivity index (χ1n) is 6.94. The summed E-state index contributed by atoms with van der Waals surface area (Å²) in [5.74, 6) is 0.904. The number of hydrogen-bond acceptors (Lipinski definition) is 1. The van der Waals surface area contributed by atoms with Crippen molar-refractivity contribution in [3.63, 3.8) is 0 Å². The summed E-state index contributed by atoms with van der Waals surface area (Å²) in [5.41, 5.74) is 2.23. The van der Waals surface area contributed by atoms with Crippen molar-refractivity contribution in [3.8, 4) is 0 Å². The lowest BCUT2D eigenvalue weighted by Crippen LogP contribution is -2.45. The third-order valence-corrected chi connectivity index (χ3v) is 6.38. The molecule has 0 heterocycles. The minimum atomic E-state index is 0.423. The maximum Gasteiger partial charge on any atom is 0.0478 e. The molecule has 1 N–H and O–H groups in total. The molecule has 0 radical (unpaired) electrons. The molecule has 1 aromatic carbocycles. The molecule has 0 spiro atoms. The fraction of sp³-hybridized carbons (Fsp3) is 0.625. The van der Waals surface area contributed by atoms with Gasteiger partial charge in [0.1, 0.15) is 0 Å². The van der Waals surface area contributed by atoms with Gasteiger partial charge in [0.2, 0.25) is 0 Å². The number of halogens is 1. The molecule has 2 saturated carbocycles. The van der Waals surface area contributed by atoms with Gasteiger partial charge in [-0.1, -0.05) is 32.9 Å². The van der Waals surface area contributed by atoms with E-state index in [0.29, 0.717) is 16.9 Å². The summed E-state index contributed by atoms with van der Waals surface area (Å²) in [6.07, 6.45) is 4.22. The average Bonchev–Trinajstić information content (AvgIpc) is 2.78. The van der Waals surface area contributed by atoms with E-state index >= 15 is 0 Å². The number of rotatable bonds is 2. The first kappa shape index (κ1) is 12.8. The Morgan fingerprint density at radius 1 is 1.22 bits per heavy atom. The van der Waals surface area contributed by atoms with E-state index in [1.807, 2.05) is 0 Å². The SMILES string of the molecule is CC12CCC(C1)C(C)(C)C2Nc1ccccc1I. The van der Waals surface area contributed by atoms with Gasteiger partial charge in [-0.05, 0) is 70.7 Å². The molecule has 2 heteroatoms. The van der Waals surface area contributed by atoms with Crippen LogP contribution < -0.4 is 5.32 Å². The minimum Gasteiger partial charge on any atom is -0.380 e. The van der Waals surface area contributed by atoms with Crippen LogP contribution in [0.15, 0.2) is 24.3 Å². The van der Waals surface area contributed by atoms with Crippen molar-refractivity contribution in [2.45, 2.75) is 46.1 Å². The van der Waals surface area contributed by atoms with E-state index in [2.05, 4.69) is 72.9 Å². The maximum atomic E-state index is 3.86. The second-order valence-corrected chi connectivity index (χ2v) is 8.13. The average molecular weight is 355 g/mol. The molecule has 0 saturated heterocycles. The third-order valence-electron chi connectivity index (χ3n) is 5.44. The summed E-state index contributed by atoms with van der Waals surface area (Å²) < 4.78 is 1.33. The Bertz CT molecular complexity index is 463. The van der Waals surface area contributed by atoms with Crippen molar-refractivity contribution in [2.24, 2.45) is 16.7 Å². The molecule has 2 bridgehead atoms. The van der Waals surface area contributed by atoms with Gasteiger partial charge >= 0.3 is 0 Å². The van der Waals surface area contributed by atoms with Crippen LogP contribution in [0, 0.1) is 20.3 Å². The second kappa shape index (κ2) is 4.12. The molecule has 18 heavy (non-hydrogen) atoms. The molecule has 98 valence electrons. The first-order valence-corrected chi connectivity index (χ1v) is 8.02. The lowest BCUT2D eigenvalue weighted by molar-refractivity contribution is 0.155.